The van der Waals surface area contributed by atoms with Crippen LogP contribution in [0.5, 0.6) is 0 Å². The highest BCUT2D eigenvalue weighted by atomic mass is 32.2. The van der Waals surface area contributed by atoms with Gasteiger partial charge >= 0.3 is 0 Å². The Hall–Kier alpha value is -2.19. The average Bonchev–Trinajstić information content (AvgIpc) is 2.91. The number of carbonyl (C=O) groups excluding carboxylic acids is 3. The molecule has 3 atom stereocenters. The molecule has 2 rings (SSSR count). The summed E-state index contributed by atoms with van der Waals surface area (Å²) in [6, 6.07) is 5.66. The van der Waals surface area contributed by atoms with Gasteiger partial charge < -0.3 is 17.2 Å². The molecule has 0 radical (unpaired) electrons. The van der Waals surface area contributed by atoms with Crippen LogP contribution in [0.15, 0.2) is 34.7 Å². The normalized spacial score (nSPS) is 23.3. The van der Waals surface area contributed by atoms with Crippen LogP contribution in [0.2, 0.25) is 0 Å². The summed E-state index contributed by atoms with van der Waals surface area (Å²) >= 11 is 0.977. The third kappa shape index (κ3) is 3.64. The van der Waals surface area contributed by atoms with Gasteiger partial charge in [0, 0.05) is 5.92 Å². The van der Waals surface area contributed by atoms with E-state index in [-0.39, 0.29) is 23.7 Å². The van der Waals surface area contributed by atoms with E-state index in [0.29, 0.717) is 17.6 Å². The van der Waals surface area contributed by atoms with Gasteiger partial charge in [-0.2, -0.15) is 0 Å². The molecule has 0 saturated carbocycles. The highest BCUT2D eigenvalue weighted by Gasteiger charge is 2.56. The van der Waals surface area contributed by atoms with Crippen molar-refractivity contribution in [2.45, 2.75) is 37.9 Å². The number of benzene rings is 1. The lowest BCUT2D eigenvalue weighted by Crippen LogP contribution is -2.49. The number of ketones is 1. The highest BCUT2D eigenvalue weighted by molar-refractivity contribution is 8.05. The second kappa shape index (κ2) is 8.22. The number of thioether (sulfide) groups is 1. The van der Waals surface area contributed by atoms with Gasteiger partial charge in [0.25, 0.3) is 5.91 Å². The van der Waals surface area contributed by atoms with Crippen molar-refractivity contribution in [1.29, 1.82) is 0 Å². The summed E-state index contributed by atoms with van der Waals surface area (Å²) in [4.78, 5) is 37.9. The molecular formula is C19H24FN3O3S. The maximum Gasteiger partial charge on any atom is 0.255 e. The predicted octanol–water partition coefficient (Wildman–Crippen LogP) is 1.58. The summed E-state index contributed by atoms with van der Waals surface area (Å²) in [5, 5.41) is -0.906. The minimum absolute atomic E-state index is 0.115. The van der Waals surface area contributed by atoms with Gasteiger partial charge in [-0.05, 0) is 49.6 Å². The number of hydrogen-bond donors (Lipinski definition) is 3. The molecule has 1 aliphatic heterocycles. The molecule has 0 saturated heterocycles. The minimum atomic E-state index is -1.37. The van der Waals surface area contributed by atoms with Crippen LogP contribution in [0.1, 0.15) is 38.2 Å². The van der Waals surface area contributed by atoms with Crippen molar-refractivity contribution in [3.05, 3.63) is 46.1 Å². The first-order chi connectivity index (χ1) is 12.7. The smallest absolute Gasteiger partial charge is 0.255 e. The fraction of sp³-hybridized carbons (Fsp3) is 0.421. The lowest BCUT2D eigenvalue weighted by atomic mass is 9.70. The van der Waals surface area contributed by atoms with Crippen LogP contribution in [0, 0.1) is 11.2 Å². The van der Waals surface area contributed by atoms with Gasteiger partial charge in [0.1, 0.15) is 5.82 Å². The van der Waals surface area contributed by atoms with Crippen LogP contribution in [0.25, 0.3) is 0 Å². The fourth-order valence-electron chi connectivity index (χ4n) is 3.71. The fourth-order valence-corrected chi connectivity index (χ4v) is 5.32. The number of amides is 2. The standard InChI is InChI=1S/C19H24FN3O3S/c1-3-13(11-4-6-12(20)7-5-11)14(24)16-19(8-9-21,18(23)26)10(2)15(27-16)17(22)25/h4-7,13,16H,3,8-9,21H2,1-2H3,(H2,22,25)(H2,23,26). The number of Topliss-reactive ketones (excluding diaryl/α,β-unsaturated/α-hetero) is 1. The van der Waals surface area contributed by atoms with E-state index in [1.807, 2.05) is 6.92 Å². The Morgan fingerprint density at radius 2 is 1.81 bits per heavy atom. The molecule has 1 heterocycles. The molecule has 3 unspecified atom stereocenters. The molecule has 6 N–H and O–H groups in total. The molecule has 0 aromatic heterocycles. The molecule has 0 spiro atoms. The van der Waals surface area contributed by atoms with E-state index in [9.17, 15) is 18.8 Å². The monoisotopic (exact) mass is 393 g/mol. The summed E-state index contributed by atoms with van der Waals surface area (Å²) < 4.78 is 13.3. The first-order valence-corrected chi connectivity index (χ1v) is 9.55. The second-order valence-corrected chi connectivity index (χ2v) is 7.72. The highest BCUT2D eigenvalue weighted by Crippen LogP contribution is 2.54. The van der Waals surface area contributed by atoms with Crippen LogP contribution in [-0.2, 0) is 14.4 Å². The Morgan fingerprint density at radius 3 is 2.26 bits per heavy atom. The van der Waals surface area contributed by atoms with Gasteiger partial charge in [0.15, 0.2) is 5.78 Å². The zero-order valence-corrected chi connectivity index (χ0v) is 16.1. The Balaban J connectivity index is 2.53. The van der Waals surface area contributed by atoms with E-state index in [0.717, 1.165) is 11.8 Å². The molecule has 2 amide bonds. The maximum atomic E-state index is 13.4. The molecular weight excluding hydrogens is 369 g/mol. The van der Waals surface area contributed by atoms with Crippen molar-refractivity contribution < 1.29 is 18.8 Å². The lowest BCUT2D eigenvalue weighted by Gasteiger charge is -2.34. The molecule has 0 bridgehead atoms. The zero-order valence-electron chi connectivity index (χ0n) is 15.3. The van der Waals surface area contributed by atoms with Crippen molar-refractivity contribution in [2.24, 2.45) is 22.6 Å². The van der Waals surface area contributed by atoms with E-state index in [1.54, 1.807) is 19.1 Å². The largest absolute Gasteiger partial charge is 0.369 e. The van der Waals surface area contributed by atoms with Crippen LogP contribution in [0.4, 0.5) is 4.39 Å². The number of rotatable bonds is 8. The first kappa shape index (κ1) is 21.1. The van der Waals surface area contributed by atoms with Crippen molar-refractivity contribution >= 4 is 29.4 Å². The SMILES string of the molecule is CCC(C(=O)C1SC(C(N)=O)=C(C)C1(CCN)C(N)=O)c1ccc(F)cc1. The Kier molecular flexibility index (Phi) is 6.43. The molecule has 1 aromatic rings. The quantitative estimate of drug-likeness (QED) is 0.617. The van der Waals surface area contributed by atoms with Crippen molar-refractivity contribution in [1.82, 2.24) is 0 Å². The summed E-state index contributed by atoms with van der Waals surface area (Å²) in [6.45, 7) is 3.54. The van der Waals surface area contributed by atoms with E-state index in [1.165, 1.54) is 12.1 Å². The van der Waals surface area contributed by atoms with Gasteiger partial charge in [-0.3, -0.25) is 14.4 Å². The number of nitrogens with two attached hydrogens (primary N) is 3. The third-order valence-electron chi connectivity index (χ3n) is 5.18. The van der Waals surface area contributed by atoms with Crippen LogP contribution < -0.4 is 17.2 Å². The molecule has 146 valence electrons. The Morgan fingerprint density at radius 1 is 1.22 bits per heavy atom. The summed E-state index contributed by atoms with van der Waals surface area (Å²) in [5.74, 6) is -2.64. The molecule has 0 aliphatic carbocycles. The number of hydrogen-bond acceptors (Lipinski definition) is 5. The third-order valence-corrected chi connectivity index (χ3v) is 6.79. The van der Waals surface area contributed by atoms with E-state index >= 15 is 0 Å². The van der Waals surface area contributed by atoms with Crippen LogP contribution >= 0.6 is 11.8 Å². The van der Waals surface area contributed by atoms with E-state index < -0.39 is 34.2 Å². The predicted molar refractivity (Wildman–Crippen MR) is 103 cm³/mol. The van der Waals surface area contributed by atoms with E-state index in [4.69, 9.17) is 17.2 Å². The maximum absolute atomic E-state index is 13.4. The molecule has 0 fully saturated rings. The molecule has 1 aliphatic rings. The lowest BCUT2D eigenvalue weighted by molar-refractivity contribution is -0.131. The summed E-state index contributed by atoms with van der Waals surface area (Å²) in [5.41, 5.74) is 16.5. The first-order valence-electron chi connectivity index (χ1n) is 8.67. The topological polar surface area (TPSA) is 129 Å². The van der Waals surface area contributed by atoms with Gasteiger partial charge in [0.05, 0.1) is 15.6 Å². The summed E-state index contributed by atoms with van der Waals surface area (Å²) in [6.07, 6.45) is 0.581. The van der Waals surface area contributed by atoms with E-state index in [2.05, 4.69) is 0 Å². The second-order valence-electron chi connectivity index (χ2n) is 6.61. The average molecular weight is 393 g/mol. The number of carbonyl (C=O) groups is 3. The van der Waals surface area contributed by atoms with Crippen molar-refractivity contribution in [3.63, 3.8) is 0 Å². The van der Waals surface area contributed by atoms with Crippen LogP contribution in [-0.4, -0.2) is 29.4 Å². The van der Waals surface area contributed by atoms with Gasteiger partial charge in [-0.1, -0.05) is 19.1 Å². The van der Waals surface area contributed by atoms with Gasteiger partial charge in [-0.25, -0.2) is 4.39 Å². The van der Waals surface area contributed by atoms with Crippen molar-refractivity contribution in [2.75, 3.05) is 6.54 Å². The number of halogens is 1. The number of primary amides is 2. The molecule has 6 nitrogen and oxygen atoms in total. The Labute approximate surface area is 161 Å². The minimum Gasteiger partial charge on any atom is -0.369 e. The molecule has 8 heteroatoms. The van der Waals surface area contributed by atoms with Crippen molar-refractivity contribution in [3.8, 4) is 0 Å². The molecule has 27 heavy (non-hydrogen) atoms. The summed E-state index contributed by atoms with van der Waals surface area (Å²) in [7, 11) is 0. The Bertz CT molecular complexity index is 794. The van der Waals surface area contributed by atoms with Gasteiger partial charge in [-0.15, -0.1) is 11.8 Å². The van der Waals surface area contributed by atoms with Crippen LogP contribution in [0.3, 0.4) is 0 Å². The zero-order chi connectivity index (χ0) is 20.4. The van der Waals surface area contributed by atoms with Gasteiger partial charge in [0.2, 0.25) is 5.91 Å². The molecule has 1 aromatic carbocycles.